The van der Waals surface area contributed by atoms with Crippen LogP contribution in [0.4, 0.5) is 0 Å². The molecule has 0 saturated heterocycles. The van der Waals surface area contributed by atoms with Crippen LogP contribution < -0.4 is 4.74 Å². The molecule has 1 amide bonds. The van der Waals surface area contributed by atoms with E-state index in [2.05, 4.69) is 5.10 Å². The van der Waals surface area contributed by atoms with Crippen LogP contribution in [0.1, 0.15) is 37.4 Å². The molecule has 0 fully saturated rings. The summed E-state index contributed by atoms with van der Waals surface area (Å²) in [6.45, 7) is 4.05. The molecular weight excluding hydrogens is 304 g/mol. The predicted octanol–water partition coefficient (Wildman–Crippen LogP) is 3.49. The molecule has 5 heteroatoms. The molecule has 0 unspecified atom stereocenters. The Kier molecular flexibility index (Phi) is 4.51. The minimum absolute atomic E-state index is 0.126. The van der Waals surface area contributed by atoms with Crippen LogP contribution in [0.15, 0.2) is 53.6 Å². The van der Waals surface area contributed by atoms with Gasteiger partial charge < -0.3 is 9.84 Å². The zero-order chi connectivity index (χ0) is 17.1. The summed E-state index contributed by atoms with van der Waals surface area (Å²) < 4.78 is 5.46. The zero-order valence-corrected chi connectivity index (χ0v) is 13.8. The van der Waals surface area contributed by atoms with Gasteiger partial charge in [0.2, 0.25) is 5.91 Å². The van der Waals surface area contributed by atoms with Gasteiger partial charge in [0.1, 0.15) is 11.5 Å². The Bertz CT molecular complexity index is 768. The van der Waals surface area contributed by atoms with Gasteiger partial charge in [0, 0.05) is 18.9 Å². The van der Waals surface area contributed by atoms with E-state index < -0.39 is 0 Å². The van der Waals surface area contributed by atoms with Gasteiger partial charge in [0.25, 0.3) is 0 Å². The third-order valence-electron chi connectivity index (χ3n) is 4.02. The number of amides is 1. The number of hydrogen-bond donors (Lipinski definition) is 1. The number of rotatable bonds is 4. The highest BCUT2D eigenvalue weighted by Gasteiger charge is 2.32. The van der Waals surface area contributed by atoms with Crippen molar-refractivity contribution in [3.05, 3.63) is 59.7 Å². The van der Waals surface area contributed by atoms with E-state index in [4.69, 9.17) is 4.74 Å². The van der Waals surface area contributed by atoms with E-state index in [9.17, 15) is 9.90 Å². The molecule has 0 saturated carbocycles. The highest BCUT2D eigenvalue weighted by atomic mass is 16.5. The van der Waals surface area contributed by atoms with Gasteiger partial charge in [-0.05, 0) is 36.8 Å². The second kappa shape index (κ2) is 6.74. The van der Waals surface area contributed by atoms with Crippen LogP contribution in [0.2, 0.25) is 0 Å². The summed E-state index contributed by atoms with van der Waals surface area (Å²) in [4.78, 5) is 12.0. The van der Waals surface area contributed by atoms with Gasteiger partial charge in [-0.3, -0.25) is 4.79 Å². The normalized spacial score (nSPS) is 16.8. The Morgan fingerprint density at radius 2 is 1.96 bits per heavy atom. The number of ether oxygens (including phenoxy) is 1. The highest BCUT2D eigenvalue weighted by molar-refractivity contribution is 6.05. The summed E-state index contributed by atoms with van der Waals surface area (Å²) in [6.07, 6.45) is 0.561. The molecule has 1 aliphatic rings. The minimum Gasteiger partial charge on any atom is -0.507 e. The van der Waals surface area contributed by atoms with E-state index in [1.54, 1.807) is 12.1 Å². The van der Waals surface area contributed by atoms with Crippen molar-refractivity contribution in [2.45, 2.75) is 26.3 Å². The quantitative estimate of drug-likeness (QED) is 0.936. The van der Waals surface area contributed by atoms with Crippen molar-refractivity contribution in [2.24, 2.45) is 5.10 Å². The lowest BCUT2D eigenvalue weighted by Crippen LogP contribution is -2.24. The standard InChI is InChI=1S/C19H20N2O3/c1-3-24-15-10-8-14(9-11-15)18-12-17(20-21(18)13(2)22)16-6-4-5-7-19(16)23/h4-11,18,23H,3,12H2,1-2H3/t18-/m0/s1. The van der Waals surface area contributed by atoms with E-state index in [1.807, 2.05) is 43.3 Å². The molecule has 1 heterocycles. The Balaban J connectivity index is 1.89. The van der Waals surface area contributed by atoms with Crippen LogP contribution in [0.3, 0.4) is 0 Å². The number of phenols is 1. The van der Waals surface area contributed by atoms with Crippen molar-refractivity contribution in [3.63, 3.8) is 0 Å². The number of nitrogens with zero attached hydrogens (tertiary/aromatic N) is 2. The van der Waals surface area contributed by atoms with Gasteiger partial charge in [0.05, 0.1) is 18.4 Å². The Labute approximate surface area is 141 Å². The van der Waals surface area contributed by atoms with Crippen LogP contribution in [0.25, 0.3) is 0 Å². The second-order valence-electron chi connectivity index (χ2n) is 5.65. The van der Waals surface area contributed by atoms with Crippen molar-refractivity contribution in [3.8, 4) is 11.5 Å². The predicted molar refractivity (Wildman–Crippen MR) is 92.1 cm³/mol. The molecule has 2 aromatic carbocycles. The number of para-hydroxylation sites is 1. The Hall–Kier alpha value is -2.82. The summed E-state index contributed by atoms with van der Waals surface area (Å²) in [5.41, 5.74) is 2.36. The fourth-order valence-electron chi connectivity index (χ4n) is 2.89. The maximum atomic E-state index is 12.0. The largest absolute Gasteiger partial charge is 0.507 e. The summed E-state index contributed by atoms with van der Waals surface area (Å²) in [5.74, 6) is 0.849. The number of benzene rings is 2. The van der Waals surface area contributed by atoms with Gasteiger partial charge in [-0.25, -0.2) is 5.01 Å². The van der Waals surface area contributed by atoms with E-state index >= 15 is 0 Å². The molecular formula is C19H20N2O3. The van der Waals surface area contributed by atoms with Crippen molar-refractivity contribution < 1.29 is 14.6 Å². The first-order valence-corrected chi connectivity index (χ1v) is 7.98. The number of carbonyl (C=O) groups is 1. The number of hydrogen-bond acceptors (Lipinski definition) is 4. The topological polar surface area (TPSA) is 62.1 Å². The molecule has 0 spiro atoms. The van der Waals surface area contributed by atoms with E-state index in [0.29, 0.717) is 24.3 Å². The van der Waals surface area contributed by atoms with Crippen LogP contribution in [0, 0.1) is 0 Å². The third kappa shape index (κ3) is 3.11. The Morgan fingerprint density at radius 1 is 1.25 bits per heavy atom. The van der Waals surface area contributed by atoms with Crippen molar-refractivity contribution in [2.75, 3.05) is 6.61 Å². The SMILES string of the molecule is CCOc1ccc([C@@H]2CC(c3ccccc3O)=NN2C(C)=O)cc1. The smallest absolute Gasteiger partial charge is 0.240 e. The molecule has 0 bridgehead atoms. The molecule has 0 aliphatic carbocycles. The van der Waals surface area contributed by atoms with Crippen LogP contribution >= 0.6 is 0 Å². The van der Waals surface area contributed by atoms with Gasteiger partial charge >= 0.3 is 0 Å². The molecule has 3 rings (SSSR count). The average molecular weight is 324 g/mol. The fraction of sp³-hybridized carbons (Fsp3) is 0.263. The lowest BCUT2D eigenvalue weighted by Gasteiger charge is -2.20. The van der Waals surface area contributed by atoms with Gasteiger partial charge in [0.15, 0.2) is 0 Å². The summed E-state index contributed by atoms with van der Waals surface area (Å²) >= 11 is 0. The van der Waals surface area contributed by atoms with E-state index in [0.717, 1.165) is 11.3 Å². The highest BCUT2D eigenvalue weighted by Crippen LogP contribution is 2.35. The number of aromatic hydroxyl groups is 1. The first-order chi connectivity index (χ1) is 11.6. The molecule has 0 aromatic heterocycles. The van der Waals surface area contributed by atoms with Crippen LogP contribution in [-0.4, -0.2) is 28.3 Å². The lowest BCUT2D eigenvalue weighted by atomic mass is 9.98. The number of carbonyl (C=O) groups excluding carboxylic acids is 1. The summed E-state index contributed by atoms with van der Waals surface area (Å²) in [5, 5.41) is 16.0. The molecule has 124 valence electrons. The van der Waals surface area contributed by atoms with Crippen molar-refractivity contribution >= 4 is 11.6 Å². The zero-order valence-electron chi connectivity index (χ0n) is 13.8. The van der Waals surface area contributed by atoms with Crippen molar-refractivity contribution in [1.82, 2.24) is 5.01 Å². The first kappa shape index (κ1) is 16.1. The molecule has 0 radical (unpaired) electrons. The first-order valence-electron chi connectivity index (χ1n) is 7.98. The third-order valence-corrected chi connectivity index (χ3v) is 4.02. The lowest BCUT2D eigenvalue weighted by molar-refractivity contribution is -0.130. The van der Waals surface area contributed by atoms with Gasteiger partial charge in [-0.2, -0.15) is 5.10 Å². The number of phenolic OH excluding ortho intramolecular Hbond substituents is 1. The van der Waals surface area contributed by atoms with Crippen molar-refractivity contribution in [1.29, 1.82) is 0 Å². The van der Waals surface area contributed by atoms with Gasteiger partial charge in [-0.1, -0.05) is 24.3 Å². The molecule has 1 atom stereocenters. The molecule has 5 nitrogen and oxygen atoms in total. The van der Waals surface area contributed by atoms with Crippen LogP contribution in [-0.2, 0) is 4.79 Å². The molecule has 1 N–H and O–H groups in total. The second-order valence-corrected chi connectivity index (χ2v) is 5.65. The molecule has 24 heavy (non-hydrogen) atoms. The minimum atomic E-state index is -0.173. The average Bonchev–Trinajstić information content (AvgIpc) is 3.02. The van der Waals surface area contributed by atoms with Crippen LogP contribution in [0.5, 0.6) is 11.5 Å². The maximum absolute atomic E-state index is 12.0. The monoisotopic (exact) mass is 324 g/mol. The maximum Gasteiger partial charge on any atom is 0.240 e. The summed E-state index contributed by atoms with van der Waals surface area (Å²) in [7, 11) is 0. The van der Waals surface area contributed by atoms with E-state index in [-0.39, 0.29) is 17.7 Å². The number of hydrazone groups is 1. The molecule has 2 aromatic rings. The van der Waals surface area contributed by atoms with E-state index in [1.165, 1.54) is 11.9 Å². The van der Waals surface area contributed by atoms with Gasteiger partial charge in [-0.15, -0.1) is 0 Å². The Morgan fingerprint density at radius 3 is 2.58 bits per heavy atom. The summed E-state index contributed by atoms with van der Waals surface area (Å²) in [6, 6.07) is 14.6. The fourth-order valence-corrected chi connectivity index (χ4v) is 2.89. The molecule has 1 aliphatic heterocycles.